The van der Waals surface area contributed by atoms with Crippen LogP contribution >= 0.6 is 0 Å². The van der Waals surface area contributed by atoms with Crippen molar-refractivity contribution in [2.24, 2.45) is 0 Å². The summed E-state index contributed by atoms with van der Waals surface area (Å²) in [7, 11) is 0. The van der Waals surface area contributed by atoms with Gasteiger partial charge in [-0.1, -0.05) is 37.3 Å². The van der Waals surface area contributed by atoms with E-state index in [1.807, 2.05) is 25.1 Å². The third kappa shape index (κ3) is 5.29. The molecule has 0 saturated heterocycles. The Morgan fingerprint density at radius 2 is 1.94 bits per heavy atom. The fourth-order valence-corrected chi connectivity index (χ4v) is 1.62. The Hall–Kier alpha value is -1.39. The topological polar surface area (TPSA) is 69.6 Å². The largest absolute Gasteiger partial charge is 0.393 e. The highest BCUT2D eigenvalue weighted by Gasteiger charge is 2.12. The molecular formula is C14H21NO3. The van der Waals surface area contributed by atoms with Gasteiger partial charge in [0.25, 0.3) is 0 Å². The van der Waals surface area contributed by atoms with Crippen LogP contribution in [0.3, 0.4) is 0 Å². The van der Waals surface area contributed by atoms with Gasteiger partial charge < -0.3 is 15.5 Å². The second-order valence-electron chi connectivity index (χ2n) is 4.33. The molecule has 2 unspecified atom stereocenters. The van der Waals surface area contributed by atoms with Crippen molar-refractivity contribution in [3.63, 3.8) is 0 Å². The van der Waals surface area contributed by atoms with Gasteiger partial charge in [-0.2, -0.15) is 0 Å². The van der Waals surface area contributed by atoms with E-state index < -0.39 is 6.10 Å². The van der Waals surface area contributed by atoms with E-state index in [9.17, 15) is 15.0 Å². The molecule has 1 aromatic carbocycles. The summed E-state index contributed by atoms with van der Waals surface area (Å²) < 4.78 is 0. The highest BCUT2D eigenvalue weighted by atomic mass is 16.3. The molecule has 3 N–H and O–H groups in total. The van der Waals surface area contributed by atoms with E-state index in [4.69, 9.17) is 0 Å². The van der Waals surface area contributed by atoms with Gasteiger partial charge in [-0.25, -0.2) is 0 Å². The number of amides is 1. The molecule has 0 aliphatic rings. The van der Waals surface area contributed by atoms with Crippen LogP contribution in [0.25, 0.3) is 0 Å². The lowest BCUT2D eigenvalue weighted by molar-refractivity contribution is -0.123. The third-order valence-electron chi connectivity index (χ3n) is 2.83. The smallest absolute Gasteiger partial charge is 0.222 e. The average Bonchev–Trinajstić information content (AvgIpc) is 2.39. The van der Waals surface area contributed by atoms with Crippen molar-refractivity contribution in [1.29, 1.82) is 0 Å². The summed E-state index contributed by atoms with van der Waals surface area (Å²) in [6, 6.07) is 9.10. The Bertz CT molecular complexity index is 353. The molecule has 0 bridgehead atoms. The number of aliphatic hydroxyl groups excluding tert-OH is 2. The molecular weight excluding hydrogens is 230 g/mol. The molecule has 4 heteroatoms. The first-order valence-corrected chi connectivity index (χ1v) is 6.31. The maximum Gasteiger partial charge on any atom is 0.222 e. The van der Waals surface area contributed by atoms with Crippen LogP contribution in [0.2, 0.25) is 0 Å². The summed E-state index contributed by atoms with van der Waals surface area (Å²) in [5.41, 5.74) is 0.737. The number of nitrogens with one attached hydrogen (secondary N) is 1. The molecule has 1 amide bonds. The van der Waals surface area contributed by atoms with E-state index in [0.717, 1.165) is 5.56 Å². The van der Waals surface area contributed by atoms with Crippen LogP contribution in [0.15, 0.2) is 30.3 Å². The van der Waals surface area contributed by atoms with Gasteiger partial charge in [-0.05, 0) is 18.4 Å². The van der Waals surface area contributed by atoms with Gasteiger partial charge >= 0.3 is 0 Å². The maximum absolute atomic E-state index is 11.5. The van der Waals surface area contributed by atoms with Crippen molar-refractivity contribution in [2.75, 3.05) is 6.54 Å². The Kier molecular flexibility index (Phi) is 6.39. The first kappa shape index (κ1) is 14.7. The van der Waals surface area contributed by atoms with E-state index in [1.165, 1.54) is 0 Å². The zero-order chi connectivity index (χ0) is 13.4. The molecule has 1 aromatic rings. The van der Waals surface area contributed by atoms with E-state index in [2.05, 4.69) is 5.32 Å². The van der Waals surface area contributed by atoms with Crippen LogP contribution < -0.4 is 5.32 Å². The SMILES string of the molecule is CCC(O)CCNC(=O)CC(O)c1ccccc1. The van der Waals surface area contributed by atoms with Crippen LogP contribution in [0, 0.1) is 0 Å². The Labute approximate surface area is 108 Å². The van der Waals surface area contributed by atoms with E-state index in [-0.39, 0.29) is 18.4 Å². The zero-order valence-electron chi connectivity index (χ0n) is 10.7. The van der Waals surface area contributed by atoms with Crippen LogP contribution in [0.1, 0.15) is 37.9 Å². The lowest BCUT2D eigenvalue weighted by atomic mass is 10.1. The quantitative estimate of drug-likeness (QED) is 0.686. The standard InChI is InChI=1S/C14H21NO3/c1-2-12(16)8-9-15-14(18)10-13(17)11-6-4-3-5-7-11/h3-7,12-13,16-17H,2,8-10H2,1H3,(H,15,18). The predicted octanol–water partition coefficient (Wildman–Crippen LogP) is 1.39. The summed E-state index contributed by atoms with van der Waals surface area (Å²) in [6.07, 6.45) is 0.130. The van der Waals surface area contributed by atoms with Gasteiger partial charge in [0.05, 0.1) is 18.6 Å². The fourth-order valence-electron chi connectivity index (χ4n) is 1.62. The summed E-state index contributed by atoms with van der Waals surface area (Å²) >= 11 is 0. The number of benzene rings is 1. The molecule has 18 heavy (non-hydrogen) atoms. The normalized spacial score (nSPS) is 13.9. The number of carbonyl (C=O) groups is 1. The number of hydrogen-bond acceptors (Lipinski definition) is 3. The summed E-state index contributed by atoms with van der Waals surface area (Å²) in [5.74, 6) is -0.199. The van der Waals surface area contributed by atoms with Crippen molar-refractivity contribution in [1.82, 2.24) is 5.32 Å². The minimum absolute atomic E-state index is 0.0479. The second-order valence-corrected chi connectivity index (χ2v) is 4.33. The van der Waals surface area contributed by atoms with Crippen molar-refractivity contribution in [3.8, 4) is 0 Å². The van der Waals surface area contributed by atoms with Gasteiger partial charge in [0.2, 0.25) is 5.91 Å². The highest BCUT2D eigenvalue weighted by Crippen LogP contribution is 2.15. The Balaban J connectivity index is 2.28. The van der Waals surface area contributed by atoms with Gasteiger partial charge in [-0.3, -0.25) is 4.79 Å². The molecule has 0 fully saturated rings. The van der Waals surface area contributed by atoms with Gasteiger partial charge in [0.15, 0.2) is 0 Å². The fraction of sp³-hybridized carbons (Fsp3) is 0.500. The van der Waals surface area contributed by atoms with E-state index in [0.29, 0.717) is 19.4 Å². The highest BCUT2D eigenvalue weighted by molar-refractivity contribution is 5.76. The van der Waals surface area contributed by atoms with Crippen LogP contribution in [0.4, 0.5) is 0 Å². The van der Waals surface area contributed by atoms with Gasteiger partial charge in [0, 0.05) is 6.54 Å². The Morgan fingerprint density at radius 3 is 2.56 bits per heavy atom. The summed E-state index contributed by atoms with van der Waals surface area (Å²) in [6.45, 7) is 2.33. The number of hydrogen-bond donors (Lipinski definition) is 3. The molecule has 0 aliphatic heterocycles. The molecule has 0 saturated carbocycles. The molecule has 1 rings (SSSR count). The van der Waals surface area contributed by atoms with Crippen molar-refractivity contribution in [2.45, 2.75) is 38.4 Å². The number of carbonyl (C=O) groups excluding carboxylic acids is 1. The molecule has 0 aliphatic carbocycles. The Morgan fingerprint density at radius 1 is 1.28 bits per heavy atom. The number of aliphatic hydroxyl groups is 2. The molecule has 4 nitrogen and oxygen atoms in total. The first-order chi connectivity index (χ1) is 8.63. The summed E-state index contributed by atoms with van der Waals surface area (Å²) in [5, 5.41) is 21.9. The van der Waals surface area contributed by atoms with Crippen LogP contribution in [-0.2, 0) is 4.79 Å². The minimum atomic E-state index is -0.776. The van der Waals surface area contributed by atoms with Crippen molar-refractivity contribution >= 4 is 5.91 Å². The zero-order valence-corrected chi connectivity index (χ0v) is 10.7. The minimum Gasteiger partial charge on any atom is -0.393 e. The van der Waals surface area contributed by atoms with Gasteiger partial charge in [-0.15, -0.1) is 0 Å². The molecule has 100 valence electrons. The van der Waals surface area contributed by atoms with Crippen LogP contribution in [-0.4, -0.2) is 28.8 Å². The summed E-state index contributed by atoms with van der Waals surface area (Å²) in [4.78, 5) is 11.5. The van der Waals surface area contributed by atoms with Crippen LogP contribution in [0.5, 0.6) is 0 Å². The van der Waals surface area contributed by atoms with E-state index >= 15 is 0 Å². The van der Waals surface area contributed by atoms with E-state index in [1.54, 1.807) is 12.1 Å². The lowest BCUT2D eigenvalue weighted by Crippen LogP contribution is -2.28. The lowest BCUT2D eigenvalue weighted by Gasteiger charge is -2.12. The second kappa shape index (κ2) is 7.84. The molecule has 0 heterocycles. The predicted molar refractivity (Wildman–Crippen MR) is 69.9 cm³/mol. The molecule has 0 radical (unpaired) electrons. The monoisotopic (exact) mass is 251 g/mol. The third-order valence-corrected chi connectivity index (χ3v) is 2.83. The molecule has 0 spiro atoms. The van der Waals surface area contributed by atoms with Gasteiger partial charge in [0.1, 0.15) is 0 Å². The molecule has 2 atom stereocenters. The van der Waals surface area contributed by atoms with Crippen molar-refractivity contribution in [3.05, 3.63) is 35.9 Å². The molecule has 0 aromatic heterocycles. The maximum atomic E-state index is 11.5. The first-order valence-electron chi connectivity index (χ1n) is 6.31. The number of rotatable bonds is 7. The average molecular weight is 251 g/mol. The van der Waals surface area contributed by atoms with Crippen molar-refractivity contribution < 1.29 is 15.0 Å².